The van der Waals surface area contributed by atoms with Crippen LogP contribution >= 0.6 is 35.0 Å². The van der Waals surface area contributed by atoms with Gasteiger partial charge in [-0.15, -0.1) is 11.8 Å². The van der Waals surface area contributed by atoms with Crippen molar-refractivity contribution in [2.45, 2.75) is 28.3 Å². The molecule has 158 valence electrons. The van der Waals surface area contributed by atoms with Crippen LogP contribution in [0.3, 0.4) is 0 Å². The zero-order valence-corrected chi connectivity index (χ0v) is 19.2. The highest BCUT2D eigenvalue weighted by Gasteiger charge is 2.29. The van der Waals surface area contributed by atoms with Gasteiger partial charge in [-0.25, -0.2) is 13.1 Å². The summed E-state index contributed by atoms with van der Waals surface area (Å²) in [7, 11) is -3.96. The van der Waals surface area contributed by atoms with Crippen molar-refractivity contribution in [2.24, 2.45) is 0 Å². The van der Waals surface area contributed by atoms with Crippen molar-refractivity contribution in [3.05, 3.63) is 58.1 Å². The molecular formula is C19H18Cl2N4O3S2. The van der Waals surface area contributed by atoms with E-state index >= 15 is 0 Å². The number of amides is 1. The highest BCUT2D eigenvalue weighted by atomic mass is 35.5. The number of benzene rings is 2. The van der Waals surface area contributed by atoms with Crippen LogP contribution in [-0.4, -0.2) is 30.4 Å². The minimum Gasteiger partial charge on any atom is -0.383 e. The molecule has 0 saturated heterocycles. The highest BCUT2D eigenvalue weighted by molar-refractivity contribution is 7.99. The molecule has 3 N–H and O–H groups in total. The smallest absolute Gasteiger partial charge is 0.246 e. The van der Waals surface area contributed by atoms with Crippen molar-refractivity contribution in [1.82, 2.24) is 9.78 Å². The first kappa shape index (κ1) is 22.5. The van der Waals surface area contributed by atoms with E-state index in [4.69, 9.17) is 28.9 Å². The molecule has 0 radical (unpaired) electrons. The molecule has 0 saturated carbocycles. The van der Waals surface area contributed by atoms with E-state index in [0.717, 1.165) is 22.0 Å². The molecule has 7 nitrogen and oxygen atoms in total. The second kappa shape index (κ2) is 8.89. The van der Waals surface area contributed by atoms with E-state index in [9.17, 15) is 13.2 Å². The van der Waals surface area contributed by atoms with Crippen molar-refractivity contribution in [3.63, 3.8) is 0 Å². The lowest BCUT2D eigenvalue weighted by molar-refractivity contribution is -0.116. The van der Waals surface area contributed by atoms with Crippen LogP contribution in [0.15, 0.2) is 57.3 Å². The second-order valence-electron chi connectivity index (χ2n) is 6.37. The molecular weight excluding hydrogens is 467 g/mol. The summed E-state index contributed by atoms with van der Waals surface area (Å²) in [5.41, 5.74) is 7.50. The molecule has 1 aromatic heterocycles. The number of hydrogen-bond donors (Lipinski definition) is 2. The Hall–Kier alpha value is -2.20. The average molecular weight is 485 g/mol. The molecule has 0 fully saturated rings. The number of carbonyl (C=O) groups is 1. The quantitative estimate of drug-likeness (QED) is 0.505. The molecule has 0 atom stereocenters. The van der Waals surface area contributed by atoms with E-state index in [1.807, 2.05) is 13.0 Å². The number of aryl methyl sites for hydroxylation is 1. The first-order valence-corrected chi connectivity index (χ1v) is 12.1. The normalized spacial score (nSPS) is 11.5. The van der Waals surface area contributed by atoms with Gasteiger partial charge in [0.15, 0.2) is 0 Å². The summed E-state index contributed by atoms with van der Waals surface area (Å²) < 4.78 is 27.4. The Balaban J connectivity index is 1.91. The van der Waals surface area contributed by atoms with Gasteiger partial charge in [0, 0.05) is 5.02 Å². The fourth-order valence-corrected chi connectivity index (χ4v) is 5.56. The summed E-state index contributed by atoms with van der Waals surface area (Å²) in [5.74, 6) is -0.572. The van der Waals surface area contributed by atoms with Crippen molar-refractivity contribution in [2.75, 3.05) is 17.3 Å². The van der Waals surface area contributed by atoms with Crippen LogP contribution in [0.4, 0.5) is 11.5 Å². The van der Waals surface area contributed by atoms with Crippen molar-refractivity contribution in [3.8, 4) is 0 Å². The van der Waals surface area contributed by atoms with Gasteiger partial charge >= 0.3 is 0 Å². The zero-order valence-electron chi connectivity index (χ0n) is 16.0. The minimum absolute atomic E-state index is 0.0318. The van der Waals surface area contributed by atoms with E-state index < -0.39 is 15.7 Å². The Bertz CT molecular complexity index is 1210. The van der Waals surface area contributed by atoms with Gasteiger partial charge in [-0.1, -0.05) is 29.3 Å². The Labute approximate surface area is 188 Å². The number of nitrogens with one attached hydrogen (secondary N) is 1. The summed E-state index contributed by atoms with van der Waals surface area (Å²) >= 11 is 13.1. The lowest BCUT2D eigenvalue weighted by Gasteiger charge is -2.09. The lowest BCUT2D eigenvalue weighted by atomic mass is 10.2. The molecule has 0 aliphatic carbocycles. The molecule has 1 amide bonds. The monoisotopic (exact) mass is 484 g/mol. The number of nitrogens with two attached hydrogens (primary N) is 1. The second-order valence-corrected chi connectivity index (χ2v) is 9.90. The fraction of sp³-hybridized carbons (Fsp3) is 0.158. The number of rotatable bonds is 6. The van der Waals surface area contributed by atoms with E-state index in [1.54, 1.807) is 18.4 Å². The van der Waals surface area contributed by atoms with Gasteiger partial charge in [0.1, 0.15) is 22.3 Å². The molecule has 0 spiro atoms. The van der Waals surface area contributed by atoms with E-state index in [0.29, 0.717) is 15.7 Å². The Morgan fingerprint density at radius 2 is 1.87 bits per heavy atom. The molecule has 0 unspecified atom stereocenters. The van der Waals surface area contributed by atoms with Gasteiger partial charge in [-0.3, -0.25) is 4.79 Å². The number of carbonyl (C=O) groups excluding carboxylic acids is 1. The zero-order chi connectivity index (χ0) is 22.1. The van der Waals surface area contributed by atoms with Gasteiger partial charge in [-0.05, 0) is 55.1 Å². The Kier molecular flexibility index (Phi) is 6.66. The number of nitrogens with zero attached hydrogens (tertiary/aromatic N) is 2. The Morgan fingerprint density at radius 1 is 1.20 bits per heavy atom. The van der Waals surface area contributed by atoms with Crippen LogP contribution in [0.2, 0.25) is 10.0 Å². The van der Waals surface area contributed by atoms with Gasteiger partial charge < -0.3 is 11.1 Å². The van der Waals surface area contributed by atoms with Crippen LogP contribution < -0.4 is 11.1 Å². The predicted molar refractivity (Wildman–Crippen MR) is 120 cm³/mol. The lowest BCUT2D eigenvalue weighted by Crippen LogP contribution is -2.21. The molecule has 0 bridgehead atoms. The molecule has 2 aromatic carbocycles. The molecule has 3 aromatic rings. The molecule has 0 aliphatic heterocycles. The first-order valence-electron chi connectivity index (χ1n) is 8.60. The van der Waals surface area contributed by atoms with Crippen LogP contribution in [0, 0.1) is 6.92 Å². The third-order valence-corrected chi connectivity index (χ3v) is 7.39. The van der Waals surface area contributed by atoms with Crippen molar-refractivity contribution in [1.29, 1.82) is 0 Å². The predicted octanol–water partition coefficient (Wildman–Crippen LogP) is 4.27. The number of hydrogen-bond acceptors (Lipinski definition) is 6. The number of sulfone groups is 1. The van der Waals surface area contributed by atoms with Crippen molar-refractivity contribution < 1.29 is 13.2 Å². The van der Waals surface area contributed by atoms with Gasteiger partial charge in [0.2, 0.25) is 15.7 Å². The van der Waals surface area contributed by atoms with Crippen LogP contribution in [-0.2, 0) is 21.2 Å². The maximum absolute atomic E-state index is 13.1. The summed E-state index contributed by atoms with van der Waals surface area (Å²) in [5, 5.41) is 7.89. The van der Waals surface area contributed by atoms with E-state index in [2.05, 4.69) is 10.4 Å². The number of halogens is 2. The van der Waals surface area contributed by atoms with Crippen LogP contribution in [0.1, 0.15) is 5.56 Å². The van der Waals surface area contributed by atoms with Crippen LogP contribution in [0.5, 0.6) is 0 Å². The summed E-state index contributed by atoms with van der Waals surface area (Å²) in [6, 6.07) is 11.0. The summed E-state index contributed by atoms with van der Waals surface area (Å²) in [6.07, 6.45) is 1.68. The molecule has 0 aliphatic rings. The summed E-state index contributed by atoms with van der Waals surface area (Å²) in [4.78, 5) is 12.4. The Morgan fingerprint density at radius 3 is 2.47 bits per heavy atom. The number of aromatic nitrogens is 2. The van der Waals surface area contributed by atoms with Gasteiger partial charge in [-0.2, -0.15) is 5.10 Å². The third-order valence-electron chi connectivity index (χ3n) is 4.19. The summed E-state index contributed by atoms with van der Waals surface area (Å²) in [6.45, 7) is 1.61. The van der Waals surface area contributed by atoms with Gasteiger partial charge in [0.05, 0.1) is 15.6 Å². The number of thioether (sulfide) groups is 1. The first-order chi connectivity index (χ1) is 14.1. The SMILES string of the molecule is CSc1nn(CC(=O)Nc2ccc(C)cc2Cl)c(N)c1S(=O)(=O)c1ccc(Cl)cc1. The number of nitrogen functional groups attached to an aromatic ring is 1. The topological polar surface area (TPSA) is 107 Å². The maximum Gasteiger partial charge on any atom is 0.246 e. The molecule has 11 heteroatoms. The standard InChI is InChI=1S/C19H18Cl2N4O3S2/c1-11-3-8-15(14(21)9-11)23-16(26)10-25-18(22)17(19(24-25)29-2)30(27,28)13-6-4-12(20)5-7-13/h3-9H,10,22H2,1-2H3,(H,23,26). The van der Waals surface area contributed by atoms with Gasteiger partial charge in [0.25, 0.3) is 0 Å². The average Bonchev–Trinajstić information content (AvgIpc) is 3.00. The maximum atomic E-state index is 13.1. The van der Waals surface area contributed by atoms with E-state index in [-0.39, 0.29) is 27.2 Å². The minimum atomic E-state index is -3.96. The molecule has 30 heavy (non-hydrogen) atoms. The van der Waals surface area contributed by atoms with Crippen molar-refractivity contribution >= 4 is 62.2 Å². The highest BCUT2D eigenvalue weighted by Crippen LogP contribution is 2.34. The fourth-order valence-electron chi connectivity index (χ4n) is 2.72. The third kappa shape index (κ3) is 4.59. The number of anilines is 2. The van der Waals surface area contributed by atoms with E-state index in [1.165, 1.54) is 24.3 Å². The molecule has 3 rings (SSSR count). The molecule has 1 heterocycles. The van der Waals surface area contributed by atoms with Crippen LogP contribution in [0.25, 0.3) is 0 Å². The largest absolute Gasteiger partial charge is 0.383 e.